The molecule has 0 amide bonds. The van der Waals surface area contributed by atoms with Crippen LogP contribution in [0.1, 0.15) is 0 Å². The fourth-order valence-corrected chi connectivity index (χ4v) is 0.364. The van der Waals surface area contributed by atoms with Crippen LogP contribution in [-0.2, 0) is 4.57 Å². The normalized spacial score (nSPS) is 17.0. The van der Waals surface area contributed by atoms with Gasteiger partial charge in [0.15, 0.2) is 0 Å². The van der Waals surface area contributed by atoms with Crippen LogP contribution in [0.15, 0.2) is 0 Å². The highest BCUT2D eigenvalue weighted by Crippen LogP contribution is 2.50. The summed E-state index contributed by atoms with van der Waals surface area (Å²) in [4.78, 5) is 7.49. The molecule has 10 heavy (non-hydrogen) atoms. The molecule has 0 aromatic rings. The summed E-state index contributed by atoms with van der Waals surface area (Å²) in [6.07, 6.45) is -5.93. The van der Waals surface area contributed by atoms with Crippen LogP contribution in [0, 0.1) is 0 Å². The SMILES string of the molecule is O=[PH](O)C(F)(F)C(F)(F)F. The van der Waals surface area contributed by atoms with Gasteiger partial charge in [-0.1, -0.05) is 0 Å². The zero-order valence-corrected chi connectivity index (χ0v) is 5.25. The first kappa shape index (κ1) is 9.84. The van der Waals surface area contributed by atoms with E-state index in [4.69, 9.17) is 4.89 Å². The minimum absolute atomic E-state index is 4.88. The van der Waals surface area contributed by atoms with Gasteiger partial charge in [-0.3, -0.25) is 4.57 Å². The molecule has 0 aliphatic heterocycles. The topological polar surface area (TPSA) is 37.3 Å². The van der Waals surface area contributed by atoms with E-state index in [2.05, 4.69) is 0 Å². The molecule has 1 unspecified atom stereocenters. The molecule has 2 nitrogen and oxygen atoms in total. The molecule has 0 aliphatic carbocycles. The average Bonchev–Trinajstić information content (AvgIpc) is 1.62. The molecule has 0 saturated heterocycles. The van der Waals surface area contributed by atoms with Gasteiger partial charge >= 0.3 is 11.8 Å². The minimum atomic E-state index is -5.93. The van der Waals surface area contributed by atoms with Crippen LogP contribution >= 0.6 is 8.03 Å². The van der Waals surface area contributed by atoms with Crippen LogP contribution in [0.4, 0.5) is 22.0 Å². The Morgan fingerprint density at radius 2 is 1.40 bits per heavy atom. The van der Waals surface area contributed by atoms with Gasteiger partial charge in [0.2, 0.25) is 0 Å². The fraction of sp³-hybridized carbons (Fsp3) is 1.00. The van der Waals surface area contributed by atoms with Crippen molar-refractivity contribution >= 4 is 8.03 Å². The predicted molar refractivity (Wildman–Crippen MR) is 22.2 cm³/mol. The Hall–Kier alpha value is -0.160. The summed E-state index contributed by atoms with van der Waals surface area (Å²) in [5.41, 5.74) is -5.46. The van der Waals surface area contributed by atoms with E-state index < -0.39 is 19.9 Å². The van der Waals surface area contributed by atoms with Crippen LogP contribution in [0.2, 0.25) is 0 Å². The molecule has 1 atom stereocenters. The van der Waals surface area contributed by atoms with E-state index in [1.807, 2.05) is 0 Å². The minimum Gasteiger partial charge on any atom is -0.342 e. The second kappa shape index (κ2) is 2.47. The Bertz CT molecular complexity index is 150. The molecule has 0 fully saturated rings. The fourth-order valence-electron chi connectivity index (χ4n) is 0.121. The smallest absolute Gasteiger partial charge is 0.342 e. The molecular formula is C2H2F5O2P. The van der Waals surface area contributed by atoms with Crippen molar-refractivity contribution in [2.24, 2.45) is 0 Å². The van der Waals surface area contributed by atoms with Gasteiger partial charge in [-0.25, -0.2) is 0 Å². The maximum absolute atomic E-state index is 11.4. The van der Waals surface area contributed by atoms with Crippen molar-refractivity contribution in [3.63, 3.8) is 0 Å². The Balaban J connectivity index is 4.57. The van der Waals surface area contributed by atoms with Crippen molar-refractivity contribution in [2.45, 2.75) is 11.8 Å². The van der Waals surface area contributed by atoms with Gasteiger partial charge in [0.1, 0.15) is 0 Å². The number of hydrogen-bond acceptors (Lipinski definition) is 1. The van der Waals surface area contributed by atoms with Crippen LogP contribution in [0.25, 0.3) is 0 Å². The van der Waals surface area contributed by atoms with Gasteiger partial charge in [-0.05, 0) is 0 Å². The van der Waals surface area contributed by atoms with E-state index in [0.29, 0.717) is 0 Å². The molecule has 62 valence electrons. The Morgan fingerprint density at radius 1 is 1.10 bits per heavy atom. The molecule has 0 aliphatic rings. The van der Waals surface area contributed by atoms with Crippen molar-refractivity contribution in [3.05, 3.63) is 0 Å². The molecule has 0 bridgehead atoms. The largest absolute Gasteiger partial charge is 0.463 e. The molecule has 0 heterocycles. The van der Waals surface area contributed by atoms with Gasteiger partial charge in [0.05, 0.1) is 0 Å². The summed E-state index contributed by atoms with van der Waals surface area (Å²) in [7, 11) is -4.88. The van der Waals surface area contributed by atoms with Crippen molar-refractivity contribution in [1.82, 2.24) is 0 Å². The van der Waals surface area contributed by atoms with Crippen LogP contribution < -0.4 is 0 Å². The van der Waals surface area contributed by atoms with Gasteiger partial charge in [-0.2, -0.15) is 22.0 Å². The highest BCUT2D eigenvalue weighted by atomic mass is 31.1. The maximum Gasteiger partial charge on any atom is 0.463 e. The van der Waals surface area contributed by atoms with Gasteiger partial charge < -0.3 is 4.89 Å². The highest BCUT2D eigenvalue weighted by molar-refractivity contribution is 7.39. The number of rotatable bonds is 1. The summed E-state index contributed by atoms with van der Waals surface area (Å²) in [5, 5.41) is 0. The zero-order valence-electron chi connectivity index (χ0n) is 4.25. The van der Waals surface area contributed by atoms with E-state index in [0.717, 1.165) is 0 Å². The van der Waals surface area contributed by atoms with Crippen molar-refractivity contribution < 1.29 is 31.4 Å². The first-order chi connectivity index (χ1) is 4.19. The highest BCUT2D eigenvalue weighted by Gasteiger charge is 2.61. The Morgan fingerprint density at radius 3 is 1.40 bits per heavy atom. The van der Waals surface area contributed by atoms with E-state index in [1.165, 1.54) is 0 Å². The number of halogens is 5. The molecular weight excluding hydrogens is 182 g/mol. The zero-order chi connectivity index (χ0) is 8.58. The molecule has 0 spiro atoms. The lowest BCUT2D eigenvalue weighted by Crippen LogP contribution is -2.32. The van der Waals surface area contributed by atoms with Crippen LogP contribution in [-0.4, -0.2) is 16.7 Å². The molecule has 0 rings (SSSR count). The molecule has 0 aromatic carbocycles. The first-order valence-electron chi connectivity index (χ1n) is 1.87. The third-order valence-corrected chi connectivity index (χ3v) is 1.45. The predicted octanol–water partition coefficient (Wildman–Crippen LogP) is 1.61. The van der Waals surface area contributed by atoms with E-state index in [1.54, 1.807) is 0 Å². The van der Waals surface area contributed by atoms with E-state index in [-0.39, 0.29) is 0 Å². The van der Waals surface area contributed by atoms with Gasteiger partial charge in [-0.15, -0.1) is 0 Å². The average molecular weight is 184 g/mol. The van der Waals surface area contributed by atoms with Crippen molar-refractivity contribution in [2.75, 3.05) is 0 Å². The Labute approximate surface area is 52.5 Å². The summed E-state index contributed by atoms with van der Waals surface area (Å²) in [6, 6.07) is 0. The maximum atomic E-state index is 11.4. The molecule has 8 heteroatoms. The lowest BCUT2D eigenvalue weighted by Gasteiger charge is -2.15. The summed E-state index contributed by atoms with van der Waals surface area (Å²) >= 11 is 0. The monoisotopic (exact) mass is 184 g/mol. The molecule has 1 N–H and O–H groups in total. The summed E-state index contributed by atoms with van der Waals surface area (Å²) < 4.78 is 65.2. The quantitative estimate of drug-likeness (QED) is 0.496. The van der Waals surface area contributed by atoms with Crippen molar-refractivity contribution in [3.8, 4) is 0 Å². The second-order valence-corrected chi connectivity index (χ2v) is 2.62. The standard InChI is InChI=1S/C2H2F5O2P/c3-1(4,5)2(6,7)10(8)9/h10H,(H,8,9). The molecule has 0 aromatic heterocycles. The van der Waals surface area contributed by atoms with E-state index in [9.17, 15) is 26.5 Å². The summed E-state index contributed by atoms with van der Waals surface area (Å²) in [5.74, 6) is 0. The molecule has 0 radical (unpaired) electrons. The number of alkyl halides is 5. The number of hydrogen-bond donors (Lipinski definition) is 1. The van der Waals surface area contributed by atoms with E-state index >= 15 is 0 Å². The van der Waals surface area contributed by atoms with Gasteiger partial charge in [0, 0.05) is 0 Å². The summed E-state index contributed by atoms with van der Waals surface area (Å²) in [6.45, 7) is 0. The molecule has 0 saturated carbocycles. The van der Waals surface area contributed by atoms with Crippen molar-refractivity contribution in [1.29, 1.82) is 0 Å². The lowest BCUT2D eigenvalue weighted by atomic mass is 10.7. The second-order valence-electron chi connectivity index (χ2n) is 1.38. The lowest BCUT2D eigenvalue weighted by molar-refractivity contribution is -0.243. The van der Waals surface area contributed by atoms with Crippen LogP contribution in [0.5, 0.6) is 0 Å². The van der Waals surface area contributed by atoms with Gasteiger partial charge in [0.25, 0.3) is 8.03 Å². The Kier molecular flexibility index (Phi) is 2.43. The third-order valence-electron chi connectivity index (χ3n) is 0.625. The third kappa shape index (κ3) is 1.67. The van der Waals surface area contributed by atoms with Crippen LogP contribution in [0.3, 0.4) is 0 Å². The first-order valence-corrected chi connectivity index (χ1v) is 3.23.